The van der Waals surface area contributed by atoms with Crippen molar-refractivity contribution in [2.75, 3.05) is 0 Å². The molecular weight excluding hydrogens is 228 g/mol. The van der Waals surface area contributed by atoms with Crippen molar-refractivity contribution >= 4 is 27.3 Å². The predicted molar refractivity (Wildman–Crippen MR) is 20.7 cm³/mol. The Hall–Kier alpha value is 0.789. The molecule has 0 nitrogen and oxygen atoms in total. The number of hydrogen-bond acceptors (Lipinski definition) is 0. The number of rotatable bonds is 0. The zero-order valence-electron chi connectivity index (χ0n) is 2.42. The summed E-state index contributed by atoms with van der Waals surface area (Å²) in [6.07, 6.45) is 0. The molecule has 0 radical (unpaired) electrons. The third kappa shape index (κ3) is 4.79. The van der Waals surface area contributed by atoms with Gasteiger partial charge in [-0.25, -0.2) is 0 Å². The topological polar surface area (TPSA) is 0 Å². The van der Waals surface area contributed by atoms with Crippen LogP contribution in [-0.2, 0) is 0 Å². The number of halogens is 4. The van der Waals surface area contributed by atoms with Crippen molar-refractivity contribution in [3.63, 3.8) is 0 Å². The Morgan fingerprint density at radius 1 is 1.33 bits per heavy atom. The molecule has 0 spiro atoms. The van der Waals surface area contributed by atoms with Crippen LogP contribution >= 0.6 is 14.1 Å². The van der Waals surface area contributed by atoms with Crippen LogP contribution in [-0.4, -0.2) is 18.2 Å². The standard InChI is InChI=1S/CBrF3Se/c2-6-1(3,4)5. The number of alkyl halides is 3. The molecule has 0 saturated carbocycles. The van der Waals surface area contributed by atoms with Crippen LogP contribution in [0.2, 0.25) is 0 Å². The Kier molecular flexibility index (Phi) is 2.48. The van der Waals surface area contributed by atoms with Crippen LogP contribution in [0, 0.1) is 0 Å². The van der Waals surface area contributed by atoms with Gasteiger partial charge < -0.3 is 0 Å². The van der Waals surface area contributed by atoms with Crippen LogP contribution in [0.25, 0.3) is 0 Å². The van der Waals surface area contributed by atoms with E-state index in [1.807, 2.05) is 0 Å². The molecule has 0 bridgehead atoms. The summed E-state index contributed by atoms with van der Waals surface area (Å²) >= 11 is 0.932. The summed E-state index contributed by atoms with van der Waals surface area (Å²) < 4.78 is 32.3. The molecule has 0 N–H and O–H groups in total. The van der Waals surface area contributed by atoms with Gasteiger partial charge in [-0.15, -0.1) is 0 Å². The maximum absolute atomic E-state index is 10.8. The van der Waals surface area contributed by atoms with Crippen LogP contribution in [0.4, 0.5) is 13.2 Å². The van der Waals surface area contributed by atoms with E-state index in [0.717, 1.165) is 0 Å². The van der Waals surface area contributed by atoms with E-state index < -0.39 is 18.2 Å². The van der Waals surface area contributed by atoms with E-state index in [2.05, 4.69) is 14.1 Å². The minimum absolute atomic E-state index is 1.38. The fourth-order valence-electron chi connectivity index (χ4n) is 0. The zero-order chi connectivity index (χ0) is 5.21. The van der Waals surface area contributed by atoms with Gasteiger partial charge in [-0.2, -0.15) is 0 Å². The van der Waals surface area contributed by atoms with Crippen LogP contribution in [0.5, 0.6) is 0 Å². The van der Waals surface area contributed by atoms with Crippen molar-refractivity contribution in [3.8, 4) is 0 Å². The summed E-state index contributed by atoms with van der Waals surface area (Å²) in [4.78, 5) is 0. The van der Waals surface area contributed by atoms with E-state index in [9.17, 15) is 13.2 Å². The molecule has 6 heavy (non-hydrogen) atoms. The average Bonchev–Trinajstić information content (AvgIpc) is 1.35. The SMILES string of the molecule is FC(F)(F)[Se]Br. The van der Waals surface area contributed by atoms with Gasteiger partial charge in [0.05, 0.1) is 0 Å². The fourth-order valence-corrected chi connectivity index (χ4v) is 0. The van der Waals surface area contributed by atoms with E-state index in [-0.39, 0.29) is 0 Å². The Morgan fingerprint density at radius 3 is 1.50 bits per heavy atom. The molecule has 0 heterocycles. The molecule has 0 aromatic carbocycles. The first-order valence-corrected chi connectivity index (χ1v) is 5.79. The first-order valence-electron chi connectivity index (χ1n) is 0.925. The molecular formula is CBrF3Se. The third-order valence-electron chi connectivity index (χ3n) is 0.0875. The van der Waals surface area contributed by atoms with Gasteiger partial charge >= 0.3 is 45.5 Å². The summed E-state index contributed by atoms with van der Waals surface area (Å²) in [5, 5.41) is -3.98. The zero-order valence-corrected chi connectivity index (χ0v) is 5.72. The quantitative estimate of drug-likeness (QED) is 0.551. The van der Waals surface area contributed by atoms with E-state index in [1.54, 1.807) is 0 Å². The second kappa shape index (κ2) is 2.19. The van der Waals surface area contributed by atoms with E-state index >= 15 is 0 Å². The molecule has 0 aliphatic heterocycles. The van der Waals surface area contributed by atoms with Gasteiger partial charge in [-0.1, -0.05) is 0 Å². The van der Waals surface area contributed by atoms with Gasteiger partial charge in [0.15, 0.2) is 0 Å². The predicted octanol–water partition coefficient (Wildman–Crippen LogP) is 1.52. The molecule has 0 aromatic rings. The van der Waals surface area contributed by atoms with E-state index in [4.69, 9.17) is 0 Å². The third-order valence-corrected chi connectivity index (χ3v) is 2.36. The Bertz CT molecular complexity index is 40.5. The van der Waals surface area contributed by atoms with Crippen molar-refractivity contribution in [3.05, 3.63) is 0 Å². The van der Waals surface area contributed by atoms with Gasteiger partial charge in [0, 0.05) is 0 Å². The molecule has 0 amide bonds. The summed E-state index contributed by atoms with van der Waals surface area (Å²) in [7, 11) is 0. The van der Waals surface area contributed by atoms with E-state index in [1.165, 1.54) is 0 Å². The first kappa shape index (κ1) is 6.79. The molecule has 0 unspecified atom stereocenters. The Morgan fingerprint density at radius 2 is 1.50 bits per heavy atom. The number of hydrogen-bond donors (Lipinski definition) is 0. The van der Waals surface area contributed by atoms with Gasteiger partial charge in [0.2, 0.25) is 0 Å². The Labute approximate surface area is 45.9 Å². The summed E-state index contributed by atoms with van der Waals surface area (Å²) in [5.74, 6) is 0. The summed E-state index contributed by atoms with van der Waals surface area (Å²) in [6.45, 7) is 0. The second-order valence-corrected chi connectivity index (χ2v) is 3.50. The van der Waals surface area contributed by atoms with Crippen molar-refractivity contribution in [2.24, 2.45) is 0 Å². The average molecular weight is 228 g/mol. The minimum atomic E-state index is -3.98. The molecule has 38 valence electrons. The molecule has 0 atom stereocenters. The van der Waals surface area contributed by atoms with Crippen molar-refractivity contribution in [1.29, 1.82) is 0 Å². The molecule has 5 heteroatoms. The monoisotopic (exact) mass is 228 g/mol. The summed E-state index contributed by atoms with van der Waals surface area (Å²) in [6, 6.07) is 0. The van der Waals surface area contributed by atoms with Crippen molar-refractivity contribution < 1.29 is 13.2 Å². The van der Waals surface area contributed by atoms with E-state index in [0.29, 0.717) is 0 Å². The molecule has 0 rings (SSSR count). The van der Waals surface area contributed by atoms with Gasteiger partial charge in [-0.3, -0.25) is 0 Å². The molecule has 0 aromatic heterocycles. The van der Waals surface area contributed by atoms with Crippen molar-refractivity contribution in [1.82, 2.24) is 0 Å². The van der Waals surface area contributed by atoms with Crippen LogP contribution < -0.4 is 0 Å². The van der Waals surface area contributed by atoms with Crippen molar-refractivity contribution in [2.45, 2.75) is 5.07 Å². The fraction of sp³-hybridized carbons (Fsp3) is 1.00. The molecule has 0 aliphatic rings. The normalized spacial score (nSPS) is 12.0. The second-order valence-electron chi connectivity index (χ2n) is 0.523. The van der Waals surface area contributed by atoms with Crippen LogP contribution in [0.15, 0.2) is 0 Å². The van der Waals surface area contributed by atoms with Crippen LogP contribution in [0.1, 0.15) is 0 Å². The van der Waals surface area contributed by atoms with Gasteiger partial charge in [0.1, 0.15) is 0 Å². The van der Waals surface area contributed by atoms with Gasteiger partial charge in [0.25, 0.3) is 0 Å². The first-order chi connectivity index (χ1) is 2.56. The Balaban J connectivity index is 3.17. The maximum atomic E-state index is 10.8. The van der Waals surface area contributed by atoms with Crippen LogP contribution in [0.3, 0.4) is 0 Å². The molecule has 0 fully saturated rings. The van der Waals surface area contributed by atoms with Gasteiger partial charge in [-0.05, 0) is 0 Å². The molecule has 0 saturated heterocycles. The summed E-state index contributed by atoms with van der Waals surface area (Å²) in [5.41, 5.74) is 0. The molecule has 0 aliphatic carbocycles.